The molecule has 0 amide bonds. The highest BCUT2D eigenvalue weighted by molar-refractivity contribution is 6.09. The molecule has 3 aromatic heterocycles. The first-order valence-corrected chi connectivity index (χ1v) is 13.5. The summed E-state index contributed by atoms with van der Waals surface area (Å²) in [5, 5.41) is 25.9. The largest absolute Gasteiger partial charge is 0.457 e. The lowest BCUT2D eigenvalue weighted by atomic mass is 9.95. The molecule has 4 aromatic carbocycles. The van der Waals surface area contributed by atoms with Crippen molar-refractivity contribution in [2.24, 2.45) is 0 Å². The van der Waals surface area contributed by atoms with Crippen LogP contribution in [0.4, 0.5) is 4.39 Å². The SMILES string of the molecule is Cc1cc(C#N)c(-c2cnn(-c3cccc(Oc4ccc5c6ccccc6n(-c6cc(F)ccn6)c5c4)c3)c2)c(C#N)c1. The highest BCUT2D eigenvalue weighted by Crippen LogP contribution is 2.35. The first-order chi connectivity index (χ1) is 21.0. The molecule has 43 heavy (non-hydrogen) atoms. The predicted molar refractivity (Wildman–Crippen MR) is 162 cm³/mol. The van der Waals surface area contributed by atoms with Crippen LogP contribution in [0.25, 0.3) is 44.4 Å². The minimum absolute atomic E-state index is 0.364. The van der Waals surface area contributed by atoms with Crippen LogP contribution in [0.15, 0.2) is 110 Å². The van der Waals surface area contributed by atoms with Gasteiger partial charge in [0, 0.05) is 52.5 Å². The maximum Gasteiger partial charge on any atom is 0.140 e. The van der Waals surface area contributed by atoms with Crippen molar-refractivity contribution in [2.45, 2.75) is 6.92 Å². The van der Waals surface area contributed by atoms with Crippen molar-refractivity contribution in [2.75, 3.05) is 0 Å². The topological polar surface area (TPSA) is 92.4 Å². The quantitative estimate of drug-likeness (QED) is 0.213. The lowest BCUT2D eigenvalue weighted by Crippen LogP contribution is -1.98. The summed E-state index contributed by atoms with van der Waals surface area (Å²) in [5.74, 6) is 1.30. The van der Waals surface area contributed by atoms with E-state index in [1.54, 1.807) is 29.2 Å². The highest BCUT2D eigenvalue weighted by atomic mass is 19.1. The van der Waals surface area contributed by atoms with Gasteiger partial charge in [0.2, 0.25) is 0 Å². The van der Waals surface area contributed by atoms with Gasteiger partial charge in [-0.15, -0.1) is 0 Å². The number of fused-ring (bicyclic) bond motifs is 3. The van der Waals surface area contributed by atoms with E-state index in [0.29, 0.717) is 39.6 Å². The second-order valence-corrected chi connectivity index (χ2v) is 10.1. The first kappa shape index (κ1) is 25.7. The zero-order valence-corrected chi connectivity index (χ0v) is 22.9. The number of hydrogen-bond donors (Lipinski definition) is 0. The molecule has 0 N–H and O–H groups in total. The van der Waals surface area contributed by atoms with Crippen LogP contribution in [0, 0.1) is 35.4 Å². The minimum atomic E-state index is -0.364. The molecule has 8 heteroatoms. The van der Waals surface area contributed by atoms with Crippen molar-refractivity contribution in [1.82, 2.24) is 19.3 Å². The van der Waals surface area contributed by atoms with E-state index in [-0.39, 0.29) is 5.82 Å². The summed E-state index contributed by atoms with van der Waals surface area (Å²) < 4.78 is 24.1. The van der Waals surface area contributed by atoms with Crippen molar-refractivity contribution < 1.29 is 9.13 Å². The summed E-state index contributed by atoms with van der Waals surface area (Å²) in [6, 6.07) is 31.9. The number of aryl methyl sites for hydroxylation is 1. The average molecular weight is 561 g/mol. The number of para-hydroxylation sites is 1. The van der Waals surface area contributed by atoms with Gasteiger partial charge in [0.05, 0.1) is 46.2 Å². The van der Waals surface area contributed by atoms with E-state index in [1.807, 2.05) is 78.2 Å². The van der Waals surface area contributed by atoms with Crippen LogP contribution in [0.2, 0.25) is 0 Å². The molecule has 0 unspecified atom stereocenters. The average Bonchev–Trinajstić information content (AvgIpc) is 3.64. The molecule has 7 rings (SSSR count). The van der Waals surface area contributed by atoms with Crippen LogP contribution in [0.3, 0.4) is 0 Å². The molecule has 0 aliphatic rings. The second-order valence-electron chi connectivity index (χ2n) is 10.1. The van der Waals surface area contributed by atoms with Gasteiger partial charge in [0.15, 0.2) is 0 Å². The van der Waals surface area contributed by atoms with E-state index in [2.05, 4.69) is 22.2 Å². The summed E-state index contributed by atoms with van der Waals surface area (Å²) >= 11 is 0. The van der Waals surface area contributed by atoms with Crippen LogP contribution < -0.4 is 4.74 Å². The second kappa shape index (κ2) is 10.3. The molecule has 0 radical (unpaired) electrons. The summed E-state index contributed by atoms with van der Waals surface area (Å²) in [7, 11) is 0. The molecule has 7 nitrogen and oxygen atoms in total. The van der Waals surface area contributed by atoms with Crippen molar-refractivity contribution in [1.29, 1.82) is 10.5 Å². The lowest BCUT2D eigenvalue weighted by Gasteiger charge is -2.10. The minimum Gasteiger partial charge on any atom is -0.457 e. The van der Waals surface area contributed by atoms with E-state index >= 15 is 0 Å². The van der Waals surface area contributed by atoms with Gasteiger partial charge in [-0.25, -0.2) is 14.1 Å². The Bertz CT molecular complexity index is 2250. The van der Waals surface area contributed by atoms with Crippen LogP contribution >= 0.6 is 0 Å². The van der Waals surface area contributed by atoms with Crippen LogP contribution in [-0.4, -0.2) is 19.3 Å². The molecular formula is C35H21FN6O. The Hall–Kier alpha value is -6.25. The fourth-order valence-electron chi connectivity index (χ4n) is 5.47. The molecule has 0 atom stereocenters. The molecule has 3 heterocycles. The normalized spacial score (nSPS) is 11.0. The van der Waals surface area contributed by atoms with Crippen molar-refractivity contribution in [3.8, 4) is 46.3 Å². The number of aromatic nitrogens is 4. The van der Waals surface area contributed by atoms with Gasteiger partial charge in [-0.3, -0.25) is 4.57 Å². The van der Waals surface area contributed by atoms with E-state index in [1.165, 1.54) is 18.3 Å². The molecule has 0 bridgehead atoms. The summed E-state index contributed by atoms with van der Waals surface area (Å²) in [6.07, 6.45) is 4.90. The fourth-order valence-corrected chi connectivity index (χ4v) is 5.47. The summed E-state index contributed by atoms with van der Waals surface area (Å²) in [4.78, 5) is 4.43. The number of ether oxygens (including phenoxy) is 1. The number of pyridine rings is 1. The number of nitriles is 2. The van der Waals surface area contributed by atoms with Gasteiger partial charge in [-0.05, 0) is 61.0 Å². The number of nitrogens with zero attached hydrogens (tertiary/aromatic N) is 6. The van der Waals surface area contributed by atoms with Crippen molar-refractivity contribution in [3.05, 3.63) is 132 Å². The zero-order chi connectivity index (χ0) is 29.5. The lowest BCUT2D eigenvalue weighted by molar-refractivity contribution is 0.483. The molecule has 0 aliphatic heterocycles. The number of rotatable bonds is 5. The third kappa shape index (κ3) is 4.54. The fraction of sp³-hybridized carbons (Fsp3) is 0.0286. The highest BCUT2D eigenvalue weighted by Gasteiger charge is 2.16. The molecule has 0 saturated heterocycles. The Balaban J connectivity index is 1.25. The maximum atomic E-state index is 14.2. The molecule has 204 valence electrons. The molecular weight excluding hydrogens is 539 g/mol. The number of benzene rings is 4. The molecule has 0 saturated carbocycles. The Labute approximate surface area is 245 Å². The smallest absolute Gasteiger partial charge is 0.140 e. The standard InChI is InChI=1S/C35H21FN6O/c1-22-13-23(18-37)35(24(14-22)19-38)25-20-40-41(21-25)27-5-4-6-28(16-27)43-29-9-10-31-30-7-2-3-8-32(30)42(33(31)17-29)34-15-26(36)11-12-39-34/h2-17,20-21H,1H3. The summed E-state index contributed by atoms with van der Waals surface area (Å²) in [6.45, 7) is 1.86. The number of hydrogen-bond acceptors (Lipinski definition) is 5. The molecule has 7 aromatic rings. The Morgan fingerprint density at radius 3 is 2.35 bits per heavy atom. The Morgan fingerprint density at radius 2 is 1.56 bits per heavy atom. The maximum absolute atomic E-state index is 14.2. The third-order valence-corrected chi connectivity index (χ3v) is 7.29. The Kier molecular flexibility index (Phi) is 6.15. The third-order valence-electron chi connectivity index (χ3n) is 7.29. The zero-order valence-electron chi connectivity index (χ0n) is 22.9. The van der Waals surface area contributed by atoms with Gasteiger partial charge >= 0.3 is 0 Å². The van der Waals surface area contributed by atoms with E-state index in [0.717, 1.165) is 33.1 Å². The van der Waals surface area contributed by atoms with Gasteiger partial charge in [0.25, 0.3) is 0 Å². The van der Waals surface area contributed by atoms with Gasteiger partial charge in [-0.1, -0.05) is 24.3 Å². The van der Waals surface area contributed by atoms with Crippen molar-refractivity contribution >= 4 is 21.8 Å². The van der Waals surface area contributed by atoms with Crippen LogP contribution in [0.1, 0.15) is 16.7 Å². The van der Waals surface area contributed by atoms with Crippen LogP contribution in [0.5, 0.6) is 11.5 Å². The van der Waals surface area contributed by atoms with Crippen molar-refractivity contribution in [3.63, 3.8) is 0 Å². The van der Waals surface area contributed by atoms with E-state index in [4.69, 9.17) is 4.74 Å². The number of halogens is 1. The first-order valence-electron chi connectivity index (χ1n) is 13.5. The summed E-state index contributed by atoms with van der Waals surface area (Å²) in [5.41, 5.74) is 5.42. The van der Waals surface area contributed by atoms with Gasteiger partial charge < -0.3 is 4.74 Å². The monoisotopic (exact) mass is 560 g/mol. The van der Waals surface area contributed by atoms with Gasteiger partial charge in [-0.2, -0.15) is 15.6 Å². The molecule has 0 aliphatic carbocycles. The molecule has 0 spiro atoms. The van der Waals surface area contributed by atoms with E-state index in [9.17, 15) is 14.9 Å². The predicted octanol–water partition coefficient (Wildman–Crippen LogP) is 8.01. The van der Waals surface area contributed by atoms with Gasteiger partial charge in [0.1, 0.15) is 23.1 Å². The van der Waals surface area contributed by atoms with E-state index < -0.39 is 0 Å². The Morgan fingerprint density at radius 1 is 0.791 bits per heavy atom. The van der Waals surface area contributed by atoms with Crippen LogP contribution in [-0.2, 0) is 0 Å². The molecule has 0 fully saturated rings.